The normalized spacial score (nSPS) is 28.8. The Morgan fingerprint density at radius 3 is 2.71 bits per heavy atom. The lowest BCUT2D eigenvalue weighted by Crippen LogP contribution is -2.50. The zero-order valence-electron chi connectivity index (χ0n) is 20.9. The molecule has 3 fully saturated rings. The van der Waals surface area contributed by atoms with E-state index in [1.807, 2.05) is 18.2 Å². The smallest absolute Gasteiger partial charge is 0.227 e. The number of benzene rings is 1. The van der Waals surface area contributed by atoms with Gasteiger partial charge >= 0.3 is 0 Å². The molecule has 4 atom stereocenters. The van der Waals surface area contributed by atoms with E-state index in [2.05, 4.69) is 46.0 Å². The molecule has 2 aliphatic carbocycles. The quantitative estimate of drug-likeness (QED) is 0.538. The summed E-state index contributed by atoms with van der Waals surface area (Å²) in [6, 6.07) is 9.24. The van der Waals surface area contributed by atoms with Crippen molar-refractivity contribution in [3.05, 3.63) is 66.3 Å². The monoisotopic (exact) mass is 475 g/mol. The van der Waals surface area contributed by atoms with E-state index in [1.54, 1.807) is 6.07 Å². The van der Waals surface area contributed by atoms with Crippen LogP contribution in [0.5, 0.6) is 5.75 Å². The van der Waals surface area contributed by atoms with Gasteiger partial charge in [0.05, 0.1) is 12.0 Å². The number of amides is 1. The fraction of sp³-hybridized carbons (Fsp3) is 0.567. The van der Waals surface area contributed by atoms with Gasteiger partial charge in [-0.05, 0) is 61.8 Å². The van der Waals surface area contributed by atoms with Crippen molar-refractivity contribution >= 4 is 5.91 Å². The Labute approximate surface area is 210 Å². The molecule has 1 aromatic carbocycles. The van der Waals surface area contributed by atoms with Crippen LogP contribution in [0.15, 0.2) is 60.7 Å². The lowest BCUT2D eigenvalue weighted by atomic mass is 9.84. The predicted octanol–water partition coefficient (Wildman–Crippen LogP) is 5.11. The van der Waals surface area contributed by atoms with E-state index in [-0.39, 0.29) is 17.9 Å². The van der Waals surface area contributed by atoms with E-state index in [0.717, 1.165) is 50.9 Å². The Hall–Kier alpha value is -2.37. The molecule has 2 bridgehead atoms. The van der Waals surface area contributed by atoms with Gasteiger partial charge in [-0.1, -0.05) is 55.7 Å². The third-order valence-electron chi connectivity index (χ3n) is 8.52. The molecule has 188 valence electrons. The zero-order chi connectivity index (χ0) is 24.2. The number of phenolic OH excluding ortho intramolecular Hbond substituents is 1. The molecule has 5 rings (SSSR count). The lowest BCUT2D eigenvalue weighted by molar-refractivity contribution is -0.124. The third kappa shape index (κ3) is 5.57. The molecule has 2 aliphatic heterocycles. The highest BCUT2D eigenvalue weighted by Gasteiger charge is 2.40. The van der Waals surface area contributed by atoms with Crippen molar-refractivity contribution in [2.75, 3.05) is 19.6 Å². The number of phenols is 1. The van der Waals surface area contributed by atoms with Gasteiger partial charge in [0.2, 0.25) is 5.91 Å². The van der Waals surface area contributed by atoms with Gasteiger partial charge < -0.3 is 10.4 Å². The molecule has 1 aromatic rings. The zero-order valence-corrected chi connectivity index (χ0v) is 20.9. The highest BCUT2D eigenvalue weighted by molar-refractivity contribution is 5.81. The first kappa shape index (κ1) is 24.3. The molecule has 1 amide bonds. The number of hydrogen-bond donors (Lipinski definition) is 2. The fourth-order valence-electron chi connectivity index (χ4n) is 6.80. The minimum atomic E-state index is -0.0871. The Balaban J connectivity index is 1.40. The second kappa shape index (κ2) is 11.1. The van der Waals surface area contributed by atoms with E-state index in [0.29, 0.717) is 23.9 Å². The van der Waals surface area contributed by atoms with Gasteiger partial charge in [0.1, 0.15) is 5.75 Å². The molecule has 0 spiro atoms. The number of fused-ring (bicyclic) bond motifs is 2. The number of rotatable bonds is 7. The summed E-state index contributed by atoms with van der Waals surface area (Å²) in [5.74, 6) is 0.398. The van der Waals surface area contributed by atoms with Crippen LogP contribution in [0.3, 0.4) is 0 Å². The molecule has 5 nitrogen and oxygen atoms in total. The van der Waals surface area contributed by atoms with Crippen LogP contribution in [-0.4, -0.2) is 58.6 Å². The maximum Gasteiger partial charge on any atom is 0.227 e. The predicted molar refractivity (Wildman–Crippen MR) is 141 cm³/mol. The van der Waals surface area contributed by atoms with Crippen LogP contribution < -0.4 is 5.32 Å². The van der Waals surface area contributed by atoms with Gasteiger partial charge in [0, 0.05) is 37.8 Å². The maximum atomic E-state index is 12.9. The standard InChI is InChI=1S/C30H41N3O2/c1-2-18-32-19-17-26-10-6-11-27(21-32)33(26)29(24-7-5-12-28(34)20-24)22-13-15-23(16-14-22)30(35)31-25-8-3-4-9-25/h2,5,7,12-15,20,23,25-27,29,34H,1,3-4,6,8-11,16-19,21H2,(H,31,35). The molecular weight excluding hydrogens is 434 g/mol. The van der Waals surface area contributed by atoms with E-state index in [9.17, 15) is 9.90 Å². The highest BCUT2D eigenvalue weighted by Crippen LogP contribution is 2.42. The van der Waals surface area contributed by atoms with Gasteiger partial charge in [-0.25, -0.2) is 0 Å². The molecule has 0 aromatic heterocycles. The van der Waals surface area contributed by atoms with Crippen LogP contribution in [0, 0.1) is 5.92 Å². The van der Waals surface area contributed by atoms with Gasteiger partial charge in [-0.2, -0.15) is 0 Å². The molecule has 2 heterocycles. The van der Waals surface area contributed by atoms with Gasteiger partial charge in [-0.3, -0.25) is 14.6 Å². The first-order valence-electron chi connectivity index (χ1n) is 13.7. The molecule has 4 aliphatic rings. The molecule has 5 heteroatoms. The third-order valence-corrected chi connectivity index (χ3v) is 8.52. The number of nitrogens with one attached hydrogen (secondary N) is 1. The van der Waals surface area contributed by atoms with E-state index in [4.69, 9.17) is 0 Å². The Kier molecular flexibility index (Phi) is 7.74. The van der Waals surface area contributed by atoms with E-state index in [1.165, 1.54) is 37.7 Å². The van der Waals surface area contributed by atoms with E-state index >= 15 is 0 Å². The van der Waals surface area contributed by atoms with Crippen molar-refractivity contribution in [2.45, 2.75) is 82.0 Å². The summed E-state index contributed by atoms with van der Waals surface area (Å²) in [5, 5.41) is 13.6. The first-order valence-corrected chi connectivity index (χ1v) is 13.7. The largest absolute Gasteiger partial charge is 0.508 e. The molecule has 35 heavy (non-hydrogen) atoms. The van der Waals surface area contributed by atoms with Gasteiger partial charge in [0.25, 0.3) is 0 Å². The molecule has 2 N–H and O–H groups in total. The van der Waals surface area contributed by atoms with Crippen molar-refractivity contribution < 1.29 is 9.90 Å². The summed E-state index contributed by atoms with van der Waals surface area (Å²) in [4.78, 5) is 18.2. The Morgan fingerprint density at radius 2 is 1.97 bits per heavy atom. The van der Waals surface area contributed by atoms with Gasteiger partial charge in [-0.15, -0.1) is 6.58 Å². The second-order valence-corrected chi connectivity index (χ2v) is 10.9. The van der Waals surface area contributed by atoms with Crippen molar-refractivity contribution in [3.63, 3.8) is 0 Å². The molecule has 4 unspecified atom stereocenters. The van der Waals surface area contributed by atoms with Crippen LogP contribution >= 0.6 is 0 Å². The topological polar surface area (TPSA) is 55.8 Å². The lowest BCUT2D eigenvalue weighted by Gasteiger charge is -2.46. The number of carbonyl (C=O) groups excluding carboxylic acids is 1. The fourth-order valence-corrected chi connectivity index (χ4v) is 6.80. The number of carbonyl (C=O) groups is 1. The summed E-state index contributed by atoms with van der Waals surface area (Å²) in [7, 11) is 0. The molecule has 0 radical (unpaired) electrons. The Morgan fingerprint density at radius 1 is 1.14 bits per heavy atom. The van der Waals surface area contributed by atoms with Crippen LogP contribution in [0.1, 0.15) is 69.4 Å². The maximum absolute atomic E-state index is 12.9. The second-order valence-electron chi connectivity index (χ2n) is 10.9. The summed E-state index contributed by atoms with van der Waals surface area (Å²) in [5.41, 5.74) is 2.40. The summed E-state index contributed by atoms with van der Waals surface area (Å²) < 4.78 is 0. The van der Waals surface area contributed by atoms with Crippen molar-refractivity contribution in [2.24, 2.45) is 5.92 Å². The minimum absolute atomic E-state index is 0.0871. The summed E-state index contributed by atoms with van der Waals surface area (Å²) in [6.45, 7) is 7.08. The molecule has 1 saturated carbocycles. The first-order chi connectivity index (χ1) is 17.1. The average Bonchev–Trinajstić information content (AvgIpc) is 3.35. The summed E-state index contributed by atoms with van der Waals surface area (Å²) >= 11 is 0. The van der Waals surface area contributed by atoms with Crippen molar-refractivity contribution in [1.29, 1.82) is 0 Å². The highest BCUT2D eigenvalue weighted by atomic mass is 16.3. The minimum Gasteiger partial charge on any atom is -0.508 e. The number of aromatic hydroxyl groups is 1. The number of piperidine rings is 1. The average molecular weight is 476 g/mol. The number of allylic oxidation sites excluding steroid dienone is 1. The number of nitrogens with zero attached hydrogens (tertiary/aromatic N) is 2. The van der Waals surface area contributed by atoms with Crippen LogP contribution in [-0.2, 0) is 4.79 Å². The van der Waals surface area contributed by atoms with Crippen LogP contribution in [0.25, 0.3) is 0 Å². The van der Waals surface area contributed by atoms with Crippen LogP contribution in [0.4, 0.5) is 0 Å². The summed E-state index contributed by atoms with van der Waals surface area (Å²) in [6.07, 6.45) is 18.9. The van der Waals surface area contributed by atoms with E-state index < -0.39 is 0 Å². The SMILES string of the molecule is C=CCN1CCC2CCCC(C1)N2C(C1=CCC(C(=O)NC2CCCC2)C=C1)c1cccc(O)c1. The molecular formula is C30H41N3O2. The molecule has 2 saturated heterocycles. The van der Waals surface area contributed by atoms with Gasteiger partial charge in [0.15, 0.2) is 0 Å². The van der Waals surface area contributed by atoms with Crippen molar-refractivity contribution in [1.82, 2.24) is 15.1 Å². The Bertz CT molecular complexity index is 964. The number of hydrogen-bond acceptors (Lipinski definition) is 4. The van der Waals surface area contributed by atoms with Crippen molar-refractivity contribution in [3.8, 4) is 5.75 Å². The van der Waals surface area contributed by atoms with Crippen LogP contribution in [0.2, 0.25) is 0 Å².